The Kier molecular flexibility index (Phi) is 6.10. The second-order valence-electron chi connectivity index (χ2n) is 7.41. The van der Waals surface area contributed by atoms with E-state index in [2.05, 4.69) is 16.8 Å². The van der Waals surface area contributed by atoms with Crippen LogP contribution in [0.4, 0.5) is 0 Å². The number of aromatic nitrogens is 3. The van der Waals surface area contributed by atoms with Crippen LogP contribution in [0.15, 0.2) is 60.1 Å². The van der Waals surface area contributed by atoms with E-state index in [-0.39, 0.29) is 5.97 Å². The molecule has 0 amide bonds. The third-order valence-corrected chi connectivity index (χ3v) is 5.76. The van der Waals surface area contributed by atoms with Crippen molar-refractivity contribution in [2.75, 3.05) is 14.2 Å². The maximum Gasteiger partial charge on any atom is 0.311 e. The second kappa shape index (κ2) is 8.96. The van der Waals surface area contributed by atoms with E-state index in [1.54, 1.807) is 13.2 Å². The van der Waals surface area contributed by atoms with E-state index in [9.17, 15) is 4.79 Å². The molecular formula is C24H23ClN4O3. The maximum absolute atomic E-state index is 12.8. The Morgan fingerprint density at radius 1 is 1.22 bits per heavy atom. The van der Waals surface area contributed by atoms with Gasteiger partial charge in [-0.3, -0.25) is 14.4 Å². The molecule has 1 aliphatic heterocycles. The molecule has 32 heavy (non-hydrogen) atoms. The number of nitrogens with zero attached hydrogens (tertiary/aromatic N) is 4. The van der Waals surface area contributed by atoms with E-state index < -0.39 is 12.0 Å². The minimum atomic E-state index is -0.634. The van der Waals surface area contributed by atoms with Crippen molar-refractivity contribution >= 4 is 23.3 Å². The molecular weight excluding hydrogens is 428 g/mol. The highest BCUT2D eigenvalue weighted by Gasteiger charge is 2.37. The molecule has 0 saturated carbocycles. The van der Waals surface area contributed by atoms with Crippen LogP contribution in [-0.2, 0) is 9.53 Å². The Hall–Kier alpha value is -3.45. The number of rotatable bonds is 6. The fourth-order valence-corrected chi connectivity index (χ4v) is 4.08. The highest BCUT2D eigenvalue weighted by Crippen LogP contribution is 2.37. The molecule has 2 aromatic carbocycles. The normalized spacial score (nSPS) is 15.6. The van der Waals surface area contributed by atoms with Crippen molar-refractivity contribution in [2.24, 2.45) is 10.9 Å². The van der Waals surface area contributed by atoms with Crippen molar-refractivity contribution in [1.29, 1.82) is 0 Å². The zero-order valence-electron chi connectivity index (χ0n) is 18.1. The smallest absolute Gasteiger partial charge is 0.311 e. The van der Waals surface area contributed by atoms with E-state index in [4.69, 9.17) is 26.1 Å². The molecule has 3 aromatic rings. The summed E-state index contributed by atoms with van der Waals surface area (Å²) in [6.07, 6.45) is 2.06. The molecule has 0 bridgehead atoms. The van der Waals surface area contributed by atoms with Crippen molar-refractivity contribution in [1.82, 2.24) is 14.8 Å². The summed E-state index contributed by atoms with van der Waals surface area (Å²) in [7, 11) is 2.99. The third kappa shape index (κ3) is 3.80. The first kappa shape index (κ1) is 21.8. The standard InChI is InChI=1S/C24H23ClN4O3/c1-5-6-18(24(30)32-4)22-23-28-27-14(2)29(23)20-12-11-17(31-3)13-19(20)21(26-22)15-7-9-16(25)10-8-15/h5,7-13,18,22H,1,6H2,2-4H3/t18-,22+/m1/s1. The minimum Gasteiger partial charge on any atom is -0.497 e. The van der Waals surface area contributed by atoms with Gasteiger partial charge >= 0.3 is 5.97 Å². The van der Waals surface area contributed by atoms with Gasteiger partial charge in [0, 0.05) is 16.1 Å². The molecule has 2 heterocycles. The molecule has 0 saturated heterocycles. The van der Waals surface area contributed by atoms with Gasteiger partial charge in [0.1, 0.15) is 17.6 Å². The van der Waals surface area contributed by atoms with Gasteiger partial charge in [-0.1, -0.05) is 29.8 Å². The topological polar surface area (TPSA) is 78.6 Å². The average molecular weight is 451 g/mol. The summed E-state index contributed by atoms with van der Waals surface area (Å²) >= 11 is 6.13. The number of carbonyl (C=O) groups is 1. The molecule has 0 fully saturated rings. The van der Waals surface area contributed by atoms with E-state index >= 15 is 0 Å². The highest BCUT2D eigenvalue weighted by atomic mass is 35.5. The number of aryl methyl sites for hydroxylation is 1. The van der Waals surface area contributed by atoms with Crippen LogP contribution in [-0.4, -0.2) is 40.7 Å². The quantitative estimate of drug-likeness (QED) is 0.408. The van der Waals surface area contributed by atoms with Crippen LogP contribution in [0.1, 0.15) is 35.2 Å². The van der Waals surface area contributed by atoms with Gasteiger partial charge in [0.05, 0.1) is 31.5 Å². The molecule has 0 radical (unpaired) electrons. The van der Waals surface area contributed by atoms with Crippen molar-refractivity contribution in [3.63, 3.8) is 0 Å². The van der Waals surface area contributed by atoms with Gasteiger partial charge < -0.3 is 9.47 Å². The maximum atomic E-state index is 12.8. The van der Waals surface area contributed by atoms with Crippen LogP contribution >= 0.6 is 11.6 Å². The molecule has 164 valence electrons. The number of aliphatic imine (C=N–C) groups is 1. The number of fused-ring (bicyclic) bond motifs is 3. The summed E-state index contributed by atoms with van der Waals surface area (Å²) in [5.41, 5.74) is 3.23. The van der Waals surface area contributed by atoms with Crippen LogP contribution < -0.4 is 4.74 Å². The number of allylic oxidation sites excluding steroid dienone is 1. The van der Waals surface area contributed by atoms with Crippen LogP contribution in [0.3, 0.4) is 0 Å². The Bertz CT molecular complexity index is 1200. The highest BCUT2D eigenvalue weighted by molar-refractivity contribution is 6.30. The number of esters is 1. The number of benzene rings is 2. The van der Waals surface area contributed by atoms with Gasteiger partial charge in [-0.2, -0.15) is 0 Å². The lowest BCUT2D eigenvalue weighted by atomic mass is 9.95. The van der Waals surface area contributed by atoms with E-state index in [0.717, 1.165) is 16.8 Å². The molecule has 7 nitrogen and oxygen atoms in total. The minimum absolute atomic E-state index is 0.375. The first-order valence-electron chi connectivity index (χ1n) is 10.1. The summed E-state index contributed by atoms with van der Waals surface area (Å²) < 4.78 is 12.5. The SMILES string of the molecule is C=CC[C@@H](C(=O)OC)[C@@H]1N=C(c2ccc(Cl)cc2)c2cc(OC)ccc2-n2c(C)nnc21. The fraction of sp³-hybridized carbons (Fsp3) is 0.250. The van der Waals surface area contributed by atoms with Crippen molar-refractivity contribution in [3.8, 4) is 11.4 Å². The van der Waals surface area contributed by atoms with Crippen LogP contribution in [0.5, 0.6) is 5.75 Å². The molecule has 0 unspecified atom stereocenters. The van der Waals surface area contributed by atoms with E-state index in [1.807, 2.05) is 54.0 Å². The number of ether oxygens (including phenoxy) is 2. The molecule has 0 spiro atoms. The number of carbonyl (C=O) groups excluding carboxylic acids is 1. The number of hydrogen-bond acceptors (Lipinski definition) is 6. The lowest BCUT2D eigenvalue weighted by Gasteiger charge is -2.20. The Morgan fingerprint density at radius 3 is 2.62 bits per heavy atom. The summed E-state index contributed by atoms with van der Waals surface area (Å²) in [6.45, 7) is 5.69. The van der Waals surface area contributed by atoms with Gasteiger partial charge in [-0.25, -0.2) is 0 Å². The van der Waals surface area contributed by atoms with E-state index in [1.165, 1.54) is 7.11 Å². The second-order valence-corrected chi connectivity index (χ2v) is 7.84. The molecule has 0 N–H and O–H groups in total. The lowest BCUT2D eigenvalue weighted by Crippen LogP contribution is -2.24. The van der Waals surface area contributed by atoms with Gasteiger partial charge in [-0.05, 0) is 43.7 Å². The van der Waals surface area contributed by atoms with E-state index in [0.29, 0.717) is 34.6 Å². The van der Waals surface area contributed by atoms with Gasteiger partial charge in [-0.15, -0.1) is 16.8 Å². The van der Waals surface area contributed by atoms with Gasteiger partial charge in [0.2, 0.25) is 0 Å². The Labute approximate surface area is 191 Å². The summed E-state index contributed by atoms with van der Waals surface area (Å²) in [5, 5.41) is 9.32. The number of hydrogen-bond donors (Lipinski definition) is 0. The predicted molar refractivity (Wildman–Crippen MR) is 123 cm³/mol. The molecule has 4 rings (SSSR count). The predicted octanol–water partition coefficient (Wildman–Crippen LogP) is 4.50. The molecule has 2 atom stereocenters. The van der Waals surface area contributed by atoms with Crippen LogP contribution in [0.25, 0.3) is 5.69 Å². The Balaban J connectivity index is 2.04. The van der Waals surface area contributed by atoms with Crippen LogP contribution in [0, 0.1) is 12.8 Å². The monoisotopic (exact) mass is 450 g/mol. The molecule has 1 aromatic heterocycles. The lowest BCUT2D eigenvalue weighted by molar-refractivity contribution is -0.146. The zero-order valence-corrected chi connectivity index (χ0v) is 18.8. The molecule has 1 aliphatic rings. The average Bonchev–Trinajstić information content (AvgIpc) is 3.12. The summed E-state index contributed by atoms with van der Waals surface area (Å²) in [4.78, 5) is 17.8. The summed E-state index contributed by atoms with van der Waals surface area (Å²) in [5.74, 6) is 0.941. The molecule has 0 aliphatic carbocycles. The first-order chi connectivity index (χ1) is 15.5. The largest absolute Gasteiger partial charge is 0.497 e. The van der Waals surface area contributed by atoms with Crippen molar-refractivity contribution in [3.05, 3.63) is 82.9 Å². The third-order valence-electron chi connectivity index (χ3n) is 5.51. The molecule has 8 heteroatoms. The Morgan fingerprint density at radius 2 is 1.97 bits per heavy atom. The van der Waals surface area contributed by atoms with Crippen LogP contribution in [0.2, 0.25) is 5.02 Å². The summed E-state index contributed by atoms with van der Waals surface area (Å²) in [6, 6.07) is 12.5. The van der Waals surface area contributed by atoms with Crippen molar-refractivity contribution < 1.29 is 14.3 Å². The van der Waals surface area contributed by atoms with Gasteiger partial charge in [0.15, 0.2) is 5.82 Å². The first-order valence-corrected chi connectivity index (χ1v) is 10.5. The number of methoxy groups -OCH3 is 2. The zero-order chi connectivity index (χ0) is 22.8. The van der Waals surface area contributed by atoms with Gasteiger partial charge in [0.25, 0.3) is 0 Å². The van der Waals surface area contributed by atoms with Crippen molar-refractivity contribution in [2.45, 2.75) is 19.4 Å². The number of halogens is 1. The fourth-order valence-electron chi connectivity index (χ4n) is 3.95.